The van der Waals surface area contributed by atoms with Crippen molar-refractivity contribution in [2.24, 2.45) is 5.92 Å². The molecule has 0 saturated carbocycles. The Morgan fingerprint density at radius 2 is 2.00 bits per heavy atom. The zero-order valence-corrected chi connectivity index (χ0v) is 16.0. The van der Waals surface area contributed by atoms with Crippen molar-refractivity contribution in [3.05, 3.63) is 78.5 Å². The van der Waals surface area contributed by atoms with Crippen molar-refractivity contribution < 1.29 is 4.39 Å². The molecule has 3 atom stereocenters. The van der Waals surface area contributed by atoms with E-state index in [1.54, 1.807) is 12.1 Å². The second-order valence-corrected chi connectivity index (χ2v) is 7.95. The minimum absolute atomic E-state index is 0.218. The quantitative estimate of drug-likeness (QED) is 0.636. The molecule has 2 aliphatic rings. The maximum absolute atomic E-state index is 13.9. The van der Waals surface area contributed by atoms with Gasteiger partial charge in [0.15, 0.2) is 0 Å². The number of nitrogens with zero attached hydrogens (tertiary/aromatic N) is 2. The molecule has 0 spiro atoms. The van der Waals surface area contributed by atoms with Gasteiger partial charge in [0.05, 0.1) is 5.69 Å². The molecule has 4 heteroatoms. The Kier molecular flexibility index (Phi) is 4.36. The van der Waals surface area contributed by atoms with E-state index in [0.29, 0.717) is 17.9 Å². The molecule has 142 valence electrons. The Labute approximate surface area is 164 Å². The van der Waals surface area contributed by atoms with E-state index in [9.17, 15) is 4.39 Å². The fraction of sp³-hybridized carbons (Fsp3) is 0.292. The summed E-state index contributed by atoms with van der Waals surface area (Å²) in [5.41, 5.74) is 5.46. The molecule has 3 unspecified atom stereocenters. The molecular formula is C24H24FN3. The van der Waals surface area contributed by atoms with E-state index in [-0.39, 0.29) is 5.82 Å². The van der Waals surface area contributed by atoms with Crippen LogP contribution in [0.1, 0.15) is 24.8 Å². The molecule has 2 aliphatic heterocycles. The molecule has 5 rings (SSSR count). The van der Waals surface area contributed by atoms with Crippen LogP contribution in [0.5, 0.6) is 0 Å². The van der Waals surface area contributed by atoms with Crippen molar-refractivity contribution in [3.63, 3.8) is 0 Å². The number of aromatic amines is 1. The Bertz CT molecular complexity index is 1010. The fourth-order valence-electron chi connectivity index (χ4n) is 5.02. The third-order valence-electron chi connectivity index (χ3n) is 6.19. The highest BCUT2D eigenvalue weighted by Gasteiger charge is 2.41. The summed E-state index contributed by atoms with van der Waals surface area (Å²) in [4.78, 5) is 10.3. The molecule has 0 aliphatic carbocycles. The van der Waals surface area contributed by atoms with E-state index < -0.39 is 0 Å². The molecule has 1 aromatic carbocycles. The van der Waals surface area contributed by atoms with Gasteiger partial charge in [-0.25, -0.2) is 4.39 Å². The first-order chi connectivity index (χ1) is 13.7. The summed E-state index contributed by atoms with van der Waals surface area (Å²) in [6.07, 6.45) is 11.6. The Morgan fingerprint density at radius 3 is 2.82 bits per heavy atom. The van der Waals surface area contributed by atoms with Gasteiger partial charge in [-0.05, 0) is 47.7 Å². The second kappa shape index (κ2) is 7.02. The monoisotopic (exact) mass is 373 g/mol. The van der Waals surface area contributed by atoms with E-state index in [2.05, 4.69) is 40.1 Å². The van der Waals surface area contributed by atoms with E-state index >= 15 is 0 Å². The lowest BCUT2D eigenvalue weighted by Gasteiger charge is -2.29. The average molecular weight is 373 g/mol. The van der Waals surface area contributed by atoms with Crippen LogP contribution in [0, 0.1) is 11.7 Å². The number of fused-ring (bicyclic) bond motifs is 1. The summed E-state index contributed by atoms with van der Waals surface area (Å²) in [5.74, 6) is 0.757. The van der Waals surface area contributed by atoms with E-state index in [0.717, 1.165) is 36.3 Å². The number of hydrogen-bond acceptors (Lipinski definition) is 2. The SMILES string of the molecule is CC1CN2CCC=CC2C1c1c[nH]c(-c2cccc(F)c2)c1-c1ccncc1. The highest BCUT2D eigenvalue weighted by Crippen LogP contribution is 2.46. The summed E-state index contributed by atoms with van der Waals surface area (Å²) < 4.78 is 13.9. The van der Waals surface area contributed by atoms with Crippen molar-refractivity contribution >= 4 is 0 Å². The van der Waals surface area contributed by atoms with Crippen LogP contribution in [-0.2, 0) is 0 Å². The fourth-order valence-corrected chi connectivity index (χ4v) is 5.02. The van der Waals surface area contributed by atoms with Gasteiger partial charge < -0.3 is 4.98 Å². The zero-order chi connectivity index (χ0) is 19.1. The summed E-state index contributed by atoms with van der Waals surface area (Å²) in [6.45, 7) is 4.60. The van der Waals surface area contributed by atoms with E-state index in [1.165, 1.54) is 17.2 Å². The predicted molar refractivity (Wildman–Crippen MR) is 110 cm³/mol. The second-order valence-electron chi connectivity index (χ2n) is 7.95. The van der Waals surface area contributed by atoms with Gasteiger partial charge in [-0.2, -0.15) is 0 Å². The lowest BCUT2D eigenvalue weighted by Crippen LogP contribution is -2.33. The topological polar surface area (TPSA) is 31.9 Å². The maximum atomic E-state index is 13.9. The largest absolute Gasteiger partial charge is 0.360 e. The molecule has 1 saturated heterocycles. The van der Waals surface area contributed by atoms with E-state index in [4.69, 9.17) is 0 Å². The summed E-state index contributed by atoms with van der Waals surface area (Å²) >= 11 is 0. The van der Waals surface area contributed by atoms with E-state index in [1.807, 2.05) is 30.6 Å². The van der Waals surface area contributed by atoms with Gasteiger partial charge >= 0.3 is 0 Å². The number of H-pyrrole nitrogens is 1. The smallest absolute Gasteiger partial charge is 0.123 e. The normalized spacial score (nSPS) is 24.4. The lowest BCUT2D eigenvalue weighted by molar-refractivity contribution is 0.274. The molecule has 4 heterocycles. The molecule has 0 amide bonds. The standard InChI is InChI=1S/C24H24FN3/c1-16-15-28-12-3-2-7-21(28)22(16)20-14-27-24(18-5-4-6-19(25)13-18)23(20)17-8-10-26-11-9-17/h2,4-11,13-14,16,21-22,27H,3,12,15H2,1H3. The van der Waals surface area contributed by atoms with Gasteiger partial charge in [0.25, 0.3) is 0 Å². The summed E-state index contributed by atoms with van der Waals surface area (Å²) in [5, 5.41) is 0. The minimum Gasteiger partial charge on any atom is -0.360 e. The first-order valence-electron chi connectivity index (χ1n) is 10.0. The lowest BCUT2D eigenvalue weighted by atomic mass is 9.82. The van der Waals surface area contributed by atoms with Crippen LogP contribution in [-0.4, -0.2) is 34.0 Å². The molecule has 0 radical (unpaired) electrons. The van der Waals surface area contributed by atoms with Crippen LogP contribution in [0.3, 0.4) is 0 Å². The molecule has 3 nitrogen and oxygen atoms in total. The van der Waals surface area contributed by atoms with Crippen molar-refractivity contribution in [1.82, 2.24) is 14.9 Å². The van der Waals surface area contributed by atoms with Gasteiger partial charge in [-0.3, -0.25) is 9.88 Å². The number of hydrogen-bond donors (Lipinski definition) is 1. The highest BCUT2D eigenvalue weighted by molar-refractivity contribution is 5.84. The molecule has 0 bridgehead atoms. The molecule has 1 fully saturated rings. The van der Waals surface area contributed by atoms with Crippen molar-refractivity contribution in [2.75, 3.05) is 13.1 Å². The third kappa shape index (κ3) is 2.89. The third-order valence-corrected chi connectivity index (χ3v) is 6.19. The van der Waals surface area contributed by atoms with Crippen molar-refractivity contribution in [2.45, 2.75) is 25.3 Å². The van der Waals surface area contributed by atoms with Crippen LogP contribution < -0.4 is 0 Å². The number of halogens is 1. The van der Waals surface area contributed by atoms with Gasteiger partial charge in [0, 0.05) is 54.8 Å². The Balaban J connectivity index is 1.69. The zero-order valence-electron chi connectivity index (χ0n) is 16.0. The predicted octanol–water partition coefficient (Wildman–Crippen LogP) is 5.25. The van der Waals surface area contributed by atoms with Gasteiger partial charge in [0.1, 0.15) is 5.82 Å². The number of benzene rings is 1. The van der Waals surface area contributed by atoms with Crippen molar-refractivity contribution in [1.29, 1.82) is 0 Å². The number of rotatable bonds is 3. The van der Waals surface area contributed by atoms with Crippen LogP contribution in [0.25, 0.3) is 22.4 Å². The van der Waals surface area contributed by atoms with Gasteiger partial charge in [-0.1, -0.05) is 31.2 Å². The molecule has 3 aromatic rings. The minimum atomic E-state index is -0.218. The highest BCUT2D eigenvalue weighted by atomic mass is 19.1. The molecule has 2 aromatic heterocycles. The first-order valence-corrected chi connectivity index (χ1v) is 10.0. The van der Waals surface area contributed by atoms with Crippen molar-refractivity contribution in [3.8, 4) is 22.4 Å². The molecule has 28 heavy (non-hydrogen) atoms. The van der Waals surface area contributed by atoms with Crippen LogP contribution in [0.2, 0.25) is 0 Å². The van der Waals surface area contributed by atoms with Crippen LogP contribution in [0.4, 0.5) is 4.39 Å². The number of nitrogens with one attached hydrogen (secondary N) is 1. The van der Waals surface area contributed by atoms with Gasteiger partial charge in [-0.15, -0.1) is 0 Å². The Morgan fingerprint density at radius 1 is 1.14 bits per heavy atom. The summed E-state index contributed by atoms with van der Waals surface area (Å²) in [7, 11) is 0. The first kappa shape index (κ1) is 17.4. The molecular weight excluding hydrogens is 349 g/mol. The Hall–Kier alpha value is -2.72. The summed E-state index contributed by atoms with van der Waals surface area (Å²) in [6, 6.07) is 11.3. The molecule has 1 N–H and O–H groups in total. The average Bonchev–Trinajstić information content (AvgIpc) is 3.28. The van der Waals surface area contributed by atoms with Crippen LogP contribution in [0.15, 0.2) is 67.1 Å². The maximum Gasteiger partial charge on any atom is 0.123 e. The van der Waals surface area contributed by atoms with Crippen LogP contribution >= 0.6 is 0 Å². The number of pyridine rings is 1. The number of aromatic nitrogens is 2. The van der Waals surface area contributed by atoms with Gasteiger partial charge in [0.2, 0.25) is 0 Å².